The number of benzene rings is 2. The molecule has 0 aliphatic carbocycles. The number of hydrogen-bond donors (Lipinski definition) is 0. The highest BCUT2D eigenvalue weighted by molar-refractivity contribution is 5.39. The summed E-state index contributed by atoms with van der Waals surface area (Å²) in [6, 6.07) is 14.3. The molecule has 2 unspecified atom stereocenters. The molecule has 2 heterocycles. The van der Waals surface area contributed by atoms with Gasteiger partial charge in [-0.25, -0.2) is 4.98 Å². The first-order valence-electron chi connectivity index (χ1n) is 10.7. The van der Waals surface area contributed by atoms with Gasteiger partial charge in [0.25, 0.3) is 0 Å². The maximum atomic E-state index is 6.47. The molecular weight excluding hydrogens is 392 g/mol. The number of aryl methyl sites for hydroxylation is 3. The van der Waals surface area contributed by atoms with Crippen LogP contribution in [-0.4, -0.2) is 41.8 Å². The Morgan fingerprint density at radius 1 is 1.13 bits per heavy atom. The number of para-hydroxylation sites is 1. The second kappa shape index (κ2) is 9.54. The first-order chi connectivity index (χ1) is 15.1. The Kier molecular flexibility index (Phi) is 6.59. The number of ether oxygens (including phenoxy) is 4. The van der Waals surface area contributed by atoms with Crippen LogP contribution in [0.3, 0.4) is 0 Å². The molecule has 0 saturated carbocycles. The van der Waals surface area contributed by atoms with Gasteiger partial charge in [0.15, 0.2) is 5.79 Å². The van der Waals surface area contributed by atoms with Gasteiger partial charge >= 0.3 is 0 Å². The van der Waals surface area contributed by atoms with Crippen molar-refractivity contribution in [1.82, 2.24) is 9.55 Å². The van der Waals surface area contributed by atoms with Gasteiger partial charge in [-0.3, -0.25) is 0 Å². The highest BCUT2D eigenvalue weighted by atomic mass is 16.8. The van der Waals surface area contributed by atoms with Crippen molar-refractivity contribution in [3.8, 4) is 11.5 Å². The molecule has 0 radical (unpaired) electrons. The van der Waals surface area contributed by atoms with Crippen molar-refractivity contribution in [2.24, 2.45) is 0 Å². The molecule has 3 aromatic rings. The second-order valence-corrected chi connectivity index (χ2v) is 8.08. The maximum absolute atomic E-state index is 6.47. The van der Waals surface area contributed by atoms with E-state index in [1.807, 2.05) is 29.0 Å². The average Bonchev–Trinajstić information content (AvgIpc) is 3.43. The predicted octanol–water partition coefficient (Wildman–Crippen LogP) is 4.33. The van der Waals surface area contributed by atoms with Gasteiger partial charge in [0.05, 0.1) is 26.6 Å². The Labute approximate surface area is 183 Å². The first kappa shape index (κ1) is 21.4. The highest BCUT2D eigenvalue weighted by Gasteiger charge is 2.42. The van der Waals surface area contributed by atoms with Gasteiger partial charge in [0, 0.05) is 18.8 Å². The minimum atomic E-state index is -0.713. The van der Waals surface area contributed by atoms with Crippen LogP contribution in [-0.2, 0) is 22.4 Å². The van der Waals surface area contributed by atoms with Gasteiger partial charge in [-0.05, 0) is 49.1 Å². The Morgan fingerprint density at radius 2 is 1.90 bits per heavy atom. The van der Waals surface area contributed by atoms with Crippen molar-refractivity contribution in [3.05, 3.63) is 77.9 Å². The fraction of sp³-hybridized carbons (Fsp3) is 0.400. The lowest BCUT2D eigenvalue weighted by molar-refractivity contribution is -0.184. The van der Waals surface area contributed by atoms with Crippen LogP contribution in [0.5, 0.6) is 11.5 Å². The molecule has 4 rings (SSSR count). The van der Waals surface area contributed by atoms with E-state index < -0.39 is 5.79 Å². The molecule has 2 aromatic carbocycles. The summed E-state index contributed by atoms with van der Waals surface area (Å²) in [7, 11) is 1.68. The Morgan fingerprint density at radius 3 is 2.58 bits per heavy atom. The summed E-state index contributed by atoms with van der Waals surface area (Å²) < 4.78 is 26.1. The number of rotatable bonds is 9. The van der Waals surface area contributed by atoms with Gasteiger partial charge in [-0.1, -0.05) is 30.3 Å². The van der Waals surface area contributed by atoms with Crippen LogP contribution in [0.25, 0.3) is 0 Å². The fourth-order valence-corrected chi connectivity index (χ4v) is 3.98. The molecule has 0 bridgehead atoms. The highest BCUT2D eigenvalue weighted by Crippen LogP contribution is 2.32. The standard InChI is InChI=1S/C25H30N2O4/c1-19-5-4-6-20(2)24(19)29-15-23-16-30-25(31-23,17-27-14-13-26-18-27)12-11-21-7-9-22(28-3)10-8-21/h4-10,13-14,18,23H,11-12,15-17H2,1-3H3. The number of aromatic nitrogens is 2. The summed E-state index contributed by atoms with van der Waals surface area (Å²) >= 11 is 0. The quantitative estimate of drug-likeness (QED) is 0.514. The monoisotopic (exact) mass is 422 g/mol. The Balaban J connectivity index is 1.42. The molecule has 164 valence electrons. The van der Waals surface area contributed by atoms with Crippen molar-refractivity contribution in [2.45, 2.75) is 45.1 Å². The van der Waals surface area contributed by atoms with E-state index in [0.29, 0.717) is 19.8 Å². The molecule has 1 saturated heterocycles. The summed E-state index contributed by atoms with van der Waals surface area (Å²) in [6.07, 6.45) is 6.94. The lowest BCUT2D eigenvalue weighted by atomic mass is 10.0. The van der Waals surface area contributed by atoms with E-state index in [1.165, 1.54) is 5.56 Å². The van der Waals surface area contributed by atoms with Crippen molar-refractivity contribution in [3.63, 3.8) is 0 Å². The molecule has 6 heteroatoms. The minimum Gasteiger partial charge on any atom is -0.497 e. The van der Waals surface area contributed by atoms with Crippen LogP contribution in [0, 0.1) is 13.8 Å². The first-order valence-corrected chi connectivity index (χ1v) is 10.7. The minimum absolute atomic E-state index is 0.126. The number of hydrogen-bond acceptors (Lipinski definition) is 5. The maximum Gasteiger partial charge on any atom is 0.187 e. The summed E-state index contributed by atoms with van der Waals surface area (Å²) in [5, 5.41) is 0. The normalized spacial score (nSPS) is 20.7. The lowest BCUT2D eigenvalue weighted by Crippen LogP contribution is -2.37. The molecular formula is C25H30N2O4. The van der Waals surface area contributed by atoms with Crippen LogP contribution in [0.15, 0.2) is 61.2 Å². The Hall–Kier alpha value is -2.83. The van der Waals surface area contributed by atoms with Crippen LogP contribution >= 0.6 is 0 Å². The van der Waals surface area contributed by atoms with Gasteiger partial charge in [-0.15, -0.1) is 0 Å². The third-order valence-corrected chi connectivity index (χ3v) is 5.67. The van der Waals surface area contributed by atoms with Gasteiger partial charge in [0.1, 0.15) is 24.2 Å². The third-order valence-electron chi connectivity index (χ3n) is 5.67. The largest absolute Gasteiger partial charge is 0.497 e. The van der Waals surface area contributed by atoms with E-state index in [2.05, 4.69) is 43.1 Å². The molecule has 0 N–H and O–H groups in total. The van der Waals surface area contributed by atoms with E-state index >= 15 is 0 Å². The summed E-state index contributed by atoms with van der Waals surface area (Å²) in [5.41, 5.74) is 3.47. The van der Waals surface area contributed by atoms with E-state index in [4.69, 9.17) is 18.9 Å². The number of methoxy groups -OCH3 is 1. The molecule has 0 amide bonds. The van der Waals surface area contributed by atoms with Gasteiger partial charge in [0.2, 0.25) is 0 Å². The second-order valence-electron chi connectivity index (χ2n) is 8.08. The van der Waals surface area contributed by atoms with E-state index in [1.54, 1.807) is 19.6 Å². The fourth-order valence-electron chi connectivity index (χ4n) is 3.98. The molecule has 1 aliphatic rings. The average molecular weight is 423 g/mol. The Bertz CT molecular complexity index is 951. The molecule has 6 nitrogen and oxygen atoms in total. The smallest absolute Gasteiger partial charge is 0.187 e. The molecule has 31 heavy (non-hydrogen) atoms. The van der Waals surface area contributed by atoms with E-state index in [0.717, 1.165) is 35.5 Å². The van der Waals surface area contributed by atoms with Crippen molar-refractivity contribution < 1.29 is 18.9 Å². The molecule has 1 aromatic heterocycles. The van der Waals surface area contributed by atoms with Crippen LogP contribution in [0.2, 0.25) is 0 Å². The zero-order valence-corrected chi connectivity index (χ0v) is 18.4. The number of imidazole rings is 1. The summed E-state index contributed by atoms with van der Waals surface area (Å²) in [5.74, 6) is 1.07. The van der Waals surface area contributed by atoms with Crippen LogP contribution < -0.4 is 9.47 Å². The lowest BCUT2D eigenvalue weighted by Gasteiger charge is -2.29. The predicted molar refractivity (Wildman–Crippen MR) is 119 cm³/mol. The zero-order chi connectivity index (χ0) is 21.7. The van der Waals surface area contributed by atoms with Crippen LogP contribution in [0.1, 0.15) is 23.1 Å². The van der Waals surface area contributed by atoms with Crippen LogP contribution in [0.4, 0.5) is 0 Å². The molecule has 0 spiro atoms. The van der Waals surface area contributed by atoms with Gasteiger partial charge < -0.3 is 23.5 Å². The van der Waals surface area contributed by atoms with E-state index in [-0.39, 0.29) is 6.10 Å². The van der Waals surface area contributed by atoms with Crippen molar-refractivity contribution in [2.75, 3.05) is 20.3 Å². The summed E-state index contributed by atoms with van der Waals surface area (Å²) in [4.78, 5) is 4.16. The molecule has 1 aliphatic heterocycles. The van der Waals surface area contributed by atoms with Crippen molar-refractivity contribution >= 4 is 0 Å². The molecule has 1 fully saturated rings. The zero-order valence-electron chi connectivity index (χ0n) is 18.4. The van der Waals surface area contributed by atoms with Gasteiger partial charge in [-0.2, -0.15) is 0 Å². The topological polar surface area (TPSA) is 54.7 Å². The third kappa shape index (κ3) is 5.27. The summed E-state index contributed by atoms with van der Waals surface area (Å²) in [6.45, 7) is 5.67. The van der Waals surface area contributed by atoms with E-state index in [9.17, 15) is 0 Å². The SMILES string of the molecule is COc1ccc(CCC2(Cn3ccnc3)OCC(COc3c(C)cccc3C)O2)cc1. The molecule has 2 atom stereocenters. The van der Waals surface area contributed by atoms with Crippen molar-refractivity contribution in [1.29, 1.82) is 0 Å². The number of nitrogens with zero attached hydrogens (tertiary/aromatic N) is 2.